The van der Waals surface area contributed by atoms with E-state index in [4.69, 9.17) is 15.3 Å². The van der Waals surface area contributed by atoms with E-state index in [0.29, 0.717) is 5.69 Å². The molecule has 3 rings (SSSR count). The second-order valence-corrected chi connectivity index (χ2v) is 4.77. The molecular weight excluding hydrogens is 268 g/mol. The molecule has 2 aromatic carbocycles. The molecule has 0 saturated heterocycles. The highest BCUT2D eigenvalue weighted by molar-refractivity contribution is 5.95. The van der Waals surface area contributed by atoms with Crippen molar-refractivity contribution in [1.82, 2.24) is 5.32 Å². The highest BCUT2D eigenvalue weighted by atomic mass is 16.4. The van der Waals surface area contributed by atoms with Crippen LogP contribution in [-0.4, -0.2) is 11.2 Å². The summed E-state index contributed by atoms with van der Waals surface area (Å²) in [5.74, 6) is 0. The van der Waals surface area contributed by atoms with Crippen molar-refractivity contribution in [2.24, 2.45) is 0 Å². The summed E-state index contributed by atoms with van der Waals surface area (Å²) in [6, 6.07) is 13.2. The number of furan rings is 1. The van der Waals surface area contributed by atoms with Crippen molar-refractivity contribution in [2.75, 3.05) is 5.73 Å². The second kappa shape index (κ2) is 5.20. The molecule has 1 amide bonds. The zero-order valence-electron chi connectivity index (χ0n) is 11.2. The smallest absolute Gasteiger partial charge is 0.404 e. The number of amides is 1. The Morgan fingerprint density at radius 3 is 2.90 bits per heavy atom. The third-order valence-corrected chi connectivity index (χ3v) is 3.26. The van der Waals surface area contributed by atoms with Crippen molar-refractivity contribution in [3.05, 3.63) is 54.3 Å². The number of nitrogens with one attached hydrogen (secondary N) is 1. The van der Waals surface area contributed by atoms with Crippen LogP contribution in [0.5, 0.6) is 0 Å². The Morgan fingerprint density at radius 2 is 2.10 bits per heavy atom. The number of hydrogen-bond donors (Lipinski definition) is 3. The molecule has 0 atom stereocenters. The Bertz CT molecular complexity index is 808. The molecule has 21 heavy (non-hydrogen) atoms. The zero-order chi connectivity index (χ0) is 14.8. The highest BCUT2D eigenvalue weighted by Crippen LogP contribution is 2.32. The van der Waals surface area contributed by atoms with Crippen LogP contribution in [0.4, 0.5) is 10.5 Å². The first-order chi connectivity index (χ1) is 10.1. The van der Waals surface area contributed by atoms with E-state index < -0.39 is 6.09 Å². The zero-order valence-corrected chi connectivity index (χ0v) is 11.2. The molecular formula is C16H14N2O3. The first kappa shape index (κ1) is 13.1. The Hall–Kier alpha value is -2.95. The molecule has 5 nitrogen and oxygen atoms in total. The van der Waals surface area contributed by atoms with Gasteiger partial charge < -0.3 is 20.6 Å². The summed E-state index contributed by atoms with van der Waals surface area (Å²) >= 11 is 0. The number of rotatable bonds is 3. The number of nitrogen functional groups attached to an aromatic ring is 1. The van der Waals surface area contributed by atoms with Gasteiger partial charge in [0.1, 0.15) is 5.58 Å². The number of carbonyl (C=O) groups is 1. The van der Waals surface area contributed by atoms with Gasteiger partial charge >= 0.3 is 6.09 Å². The van der Waals surface area contributed by atoms with Crippen molar-refractivity contribution in [3.8, 4) is 11.1 Å². The third-order valence-electron chi connectivity index (χ3n) is 3.26. The van der Waals surface area contributed by atoms with Crippen LogP contribution in [-0.2, 0) is 6.54 Å². The van der Waals surface area contributed by atoms with Crippen molar-refractivity contribution in [1.29, 1.82) is 0 Å². The monoisotopic (exact) mass is 282 g/mol. The SMILES string of the molecule is Nc1cc(-c2cccc(CNC(=O)O)c2)c2occc2c1. The molecule has 0 fully saturated rings. The van der Waals surface area contributed by atoms with Gasteiger partial charge in [-0.15, -0.1) is 0 Å². The van der Waals surface area contributed by atoms with Crippen LogP contribution in [0.15, 0.2) is 53.1 Å². The predicted octanol–water partition coefficient (Wildman–Crippen LogP) is 3.45. The lowest BCUT2D eigenvalue weighted by atomic mass is 10.0. The normalized spacial score (nSPS) is 10.7. The minimum absolute atomic E-state index is 0.257. The molecule has 0 aliphatic carbocycles. The number of carboxylic acid groups (broad SMARTS) is 1. The fourth-order valence-electron chi connectivity index (χ4n) is 2.35. The van der Waals surface area contributed by atoms with Crippen LogP contribution in [0.2, 0.25) is 0 Å². The third kappa shape index (κ3) is 2.67. The average molecular weight is 282 g/mol. The van der Waals surface area contributed by atoms with Crippen molar-refractivity contribution >= 4 is 22.7 Å². The molecule has 5 heteroatoms. The Balaban J connectivity index is 2.04. The van der Waals surface area contributed by atoms with Crippen LogP contribution >= 0.6 is 0 Å². The van der Waals surface area contributed by atoms with Gasteiger partial charge in [-0.05, 0) is 35.4 Å². The number of anilines is 1. The van der Waals surface area contributed by atoms with Gasteiger partial charge in [0.25, 0.3) is 0 Å². The van der Waals surface area contributed by atoms with Crippen molar-refractivity contribution < 1.29 is 14.3 Å². The van der Waals surface area contributed by atoms with E-state index in [1.165, 1.54) is 0 Å². The Labute approximate surface area is 121 Å². The van der Waals surface area contributed by atoms with Gasteiger partial charge in [0, 0.05) is 23.2 Å². The lowest BCUT2D eigenvalue weighted by molar-refractivity contribution is 0.194. The first-order valence-electron chi connectivity index (χ1n) is 6.46. The fraction of sp³-hybridized carbons (Fsp3) is 0.0625. The molecule has 3 aromatic rings. The maximum Gasteiger partial charge on any atom is 0.404 e. The minimum atomic E-state index is -1.04. The lowest BCUT2D eigenvalue weighted by Crippen LogP contribution is -2.19. The van der Waals surface area contributed by atoms with E-state index in [0.717, 1.165) is 27.7 Å². The Morgan fingerprint density at radius 1 is 1.24 bits per heavy atom. The molecule has 0 radical (unpaired) electrons. The fourth-order valence-corrected chi connectivity index (χ4v) is 2.35. The summed E-state index contributed by atoms with van der Waals surface area (Å²) in [6.45, 7) is 0.257. The topological polar surface area (TPSA) is 88.5 Å². The van der Waals surface area contributed by atoms with Gasteiger partial charge in [-0.25, -0.2) is 4.79 Å². The predicted molar refractivity (Wildman–Crippen MR) is 80.9 cm³/mol. The average Bonchev–Trinajstić information content (AvgIpc) is 2.92. The number of benzene rings is 2. The van der Waals surface area contributed by atoms with Crippen LogP contribution in [0, 0.1) is 0 Å². The van der Waals surface area contributed by atoms with E-state index >= 15 is 0 Å². The largest absolute Gasteiger partial charge is 0.465 e. The summed E-state index contributed by atoms with van der Waals surface area (Å²) in [5, 5.41) is 12.0. The molecule has 0 spiro atoms. The number of fused-ring (bicyclic) bond motifs is 1. The molecule has 0 unspecified atom stereocenters. The second-order valence-electron chi connectivity index (χ2n) is 4.77. The molecule has 0 saturated carbocycles. The van der Waals surface area contributed by atoms with Gasteiger partial charge in [-0.1, -0.05) is 18.2 Å². The van der Waals surface area contributed by atoms with E-state index in [-0.39, 0.29) is 6.54 Å². The highest BCUT2D eigenvalue weighted by Gasteiger charge is 2.09. The van der Waals surface area contributed by atoms with E-state index in [9.17, 15) is 4.79 Å². The van der Waals surface area contributed by atoms with Crippen LogP contribution in [0.25, 0.3) is 22.1 Å². The van der Waals surface area contributed by atoms with Crippen LogP contribution in [0.3, 0.4) is 0 Å². The van der Waals surface area contributed by atoms with Gasteiger partial charge in [0.2, 0.25) is 0 Å². The number of hydrogen-bond acceptors (Lipinski definition) is 3. The minimum Gasteiger partial charge on any atom is -0.465 e. The van der Waals surface area contributed by atoms with E-state index in [1.807, 2.05) is 42.5 Å². The van der Waals surface area contributed by atoms with Gasteiger partial charge in [-0.2, -0.15) is 0 Å². The van der Waals surface area contributed by atoms with Crippen molar-refractivity contribution in [3.63, 3.8) is 0 Å². The molecule has 0 aliphatic heterocycles. The molecule has 0 bridgehead atoms. The molecule has 1 aromatic heterocycles. The van der Waals surface area contributed by atoms with Crippen molar-refractivity contribution in [2.45, 2.75) is 6.54 Å². The van der Waals surface area contributed by atoms with Gasteiger partial charge in [-0.3, -0.25) is 0 Å². The Kier molecular flexibility index (Phi) is 3.23. The van der Waals surface area contributed by atoms with Crippen LogP contribution in [0.1, 0.15) is 5.56 Å². The summed E-state index contributed by atoms with van der Waals surface area (Å²) < 4.78 is 5.53. The molecule has 106 valence electrons. The molecule has 0 aliphatic rings. The maximum absolute atomic E-state index is 10.6. The summed E-state index contributed by atoms with van der Waals surface area (Å²) in [7, 11) is 0. The summed E-state index contributed by atoms with van der Waals surface area (Å²) in [6.07, 6.45) is 0.585. The molecule has 1 heterocycles. The van der Waals surface area contributed by atoms with E-state index in [1.54, 1.807) is 6.26 Å². The van der Waals surface area contributed by atoms with Gasteiger partial charge in [0.15, 0.2) is 0 Å². The quantitative estimate of drug-likeness (QED) is 0.642. The van der Waals surface area contributed by atoms with Gasteiger partial charge in [0.05, 0.1) is 6.26 Å². The lowest BCUT2D eigenvalue weighted by Gasteiger charge is -2.07. The maximum atomic E-state index is 10.6. The molecule has 4 N–H and O–H groups in total. The summed E-state index contributed by atoms with van der Waals surface area (Å²) in [4.78, 5) is 10.6. The standard InChI is InChI=1S/C16H14N2O3/c17-13-7-12-4-5-21-15(12)14(8-13)11-3-1-2-10(6-11)9-18-16(19)20/h1-8,18H,9,17H2,(H,19,20). The van der Waals surface area contributed by atoms with E-state index in [2.05, 4.69) is 5.32 Å². The summed E-state index contributed by atoms with van der Waals surface area (Å²) in [5.41, 5.74) is 10.1. The number of nitrogens with two attached hydrogens (primary N) is 1. The van der Waals surface area contributed by atoms with Crippen LogP contribution < -0.4 is 11.1 Å². The first-order valence-corrected chi connectivity index (χ1v) is 6.46.